The first kappa shape index (κ1) is 31.0. The lowest BCUT2D eigenvalue weighted by Gasteiger charge is -2.32. The van der Waals surface area contributed by atoms with Crippen molar-refractivity contribution >= 4 is 29.3 Å². The third-order valence-corrected chi connectivity index (χ3v) is 7.32. The summed E-state index contributed by atoms with van der Waals surface area (Å²) < 4.78 is 22.2. The number of piperazine rings is 1. The molecule has 0 saturated carbocycles. The number of carbonyl (C=O) groups excluding carboxylic acids is 4. The number of imide groups is 2. The van der Waals surface area contributed by atoms with Crippen LogP contribution < -0.4 is 10.6 Å². The highest BCUT2D eigenvalue weighted by Gasteiger charge is 2.47. The monoisotopic (exact) mass is 575 g/mol. The SMILES string of the molecule is CN1C(=O)CCC(N2C(=O)c3cccc(NCCOCCOCCOCCOCCN4CCNCC4)c3C2=O)C1=O. The van der Waals surface area contributed by atoms with Crippen LogP contribution in [0.15, 0.2) is 18.2 Å². The number of rotatable bonds is 17. The van der Waals surface area contributed by atoms with Gasteiger partial charge in [-0.3, -0.25) is 33.9 Å². The number of anilines is 1. The highest BCUT2D eigenvalue weighted by Crippen LogP contribution is 2.33. The molecule has 226 valence electrons. The zero-order valence-electron chi connectivity index (χ0n) is 23.7. The standard InChI is InChI=1S/C28H41N5O8/c1-31-24(34)6-5-23(27(31)36)33-26(35)21-3-2-4-22(25(21)28(33)37)30-9-13-38-15-17-40-19-20-41-18-16-39-14-12-32-10-7-29-8-11-32/h2-4,23,29-30H,5-20H2,1H3. The molecule has 2 N–H and O–H groups in total. The molecule has 0 aromatic heterocycles. The van der Waals surface area contributed by atoms with E-state index in [-0.39, 0.29) is 29.9 Å². The number of ether oxygens (including phenoxy) is 4. The van der Waals surface area contributed by atoms with Crippen LogP contribution in [-0.2, 0) is 28.5 Å². The zero-order chi connectivity index (χ0) is 29.0. The zero-order valence-corrected chi connectivity index (χ0v) is 23.7. The van der Waals surface area contributed by atoms with E-state index in [0.29, 0.717) is 65.1 Å². The second-order valence-electron chi connectivity index (χ2n) is 10.0. The van der Waals surface area contributed by atoms with Crippen molar-refractivity contribution < 1.29 is 38.1 Å². The van der Waals surface area contributed by atoms with Gasteiger partial charge in [0, 0.05) is 58.4 Å². The van der Waals surface area contributed by atoms with Gasteiger partial charge < -0.3 is 29.6 Å². The minimum atomic E-state index is -0.979. The summed E-state index contributed by atoms with van der Waals surface area (Å²) in [4.78, 5) is 55.0. The van der Waals surface area contributed by atoms with Crippen LogP contribution in [0.5, 0.6) is 0 Å². The summed E-state index contributed by atoms with van der Waals surface area (Å²) in [5, 5.41) is 6.49. The topological polar surface area (TPSA) is 139 Å². The largest absolute Gasteiger partial charge is 0.382 e. The van der Waals surface area contributed by atoms with Gasteiger partial charge in [-0.05, 0) is 18.6 Å². The molecule has 0 spiro atoms. The molecule has 13 heteroatoms. The van der Waals surface area contributed by atoms with E-state index in [1.807, 2.05) is 0 Å². The molecule has 1 atom stereocenters. The van der Waals surface area contributed by atoms with E-state index < -0.39 is 23.8 Å². The number of fused-ring (bicyclic) bond motifs is 1. The van der Waals surface area contributed by atoms with E-state index in [9.17, 15) is 19.2 Å². The highest BCUT2D eigenvalue weighted by molar-refractivity contribution is 6.25. The molecular formula is C28H41N5O8. The quantitative estimate of drug-likeness (QED) is 0.189. The third kappa shape index (κ3) is 8.31. The summed E-state index contributed by atoms with van der Waals surface area (Å²) >= 11 is 0. The molecule has 0 aliphatic carbocycles. The Kier molecular flexibility index (Phi) is 12.0. The minimum Gasteiger partial charge on any atom is -0.382 e. The maximum Gasteiger partial charge on any atom is 0.264 e. The van der Waals surface area contributed by atoms with E-state index in [1.165, 1.54) is 7.05 Å². The number of hydrogen-bond donors (Lipinski definition) is 2. The molecule has 0 bridgehead atoms. The van der Waals surface area contributed by atoms with Gasteiger partial charge in [0.25, 0.3) is 17.7 Å². The molecule has 2 saturated heterocycles. The van der Waals surface area contributed by atoms with Gasteiger partial charge in [-0.2, -0.15) is 0 Å². The fourth-order valence-electron chi connectivity index (χ4n) is 5.02. The molecule has 41 heavy (non-hydrogen) atoms. The Morgan fingerprint density at radius 3 is 2.17 bits per heavy atom. The van der Waals surface area contributed by atoms with Gasteiger partial charge in [0.1, 0.15) is 6.04 Å². The Hall–Kier alpha value is -2.94. The Morgan fingerprint density at radius 2 is 1.49 bits per heavy atom. The van der Waals surface area contributed by atoms with Gasteiger partial charge in [0.15, 0.2) is 0 Å². The first-order valence-electron chi connectivity index (χ1n) is 14.3. The van der Waals surface area contributed by atoms with Crippen LogP contribution in [0.4, 0.5) is 5.69 Å². The molecule has 2 fully saturated rings. The summed E-state index contributed by atoms with van der Waals surface area (Å²) in [5.41, 5.74) is 0.977. The molecule has 0 radical (unpaired) electrons. The van der Waals surface area contributed by atoms with Gasteiger partial charge in [0.2, 0.25) is 5.91 Å². The van der Waals surface area contributed by atoms with Crippen molar-refractivity contribution in [3.8, 4) is 0 Å². The number of likely N-dealkylation sites (N-methyl/N-ethyl adjacent to an activating group) is 1. The van der Waals surface area contributed by atoms with E-state index in [4.69, 9.17) is 18.9 Å². The molecule has 1 aromatic rings. The second kappa shape index (κ2) is 15.9. The first-order chi connectivity index (χ1) is 20.0. The molecule has 4 amide bonds. The average Bonchev–Trinajstić information content (AvgIpc) is 3.24. The highest BCUT2D eigenvalue weighted by atomic mass is 16.6. The van der Waals surface area contributed by atoms with Crippen LogP contribution in [0.3, 0.4) is 0 Å². The van der Waals surface area contributed by atoms with Crippen molar-refractivity contribution in [1.29, 1.82) is 0 Å². The predicted molar refractivity (Wildman–Crippen MR) is 149 cm³/mol. The predicted octanol–water partition coefficient (Wildman–Crippen LogP) is -0.186. The number of carbonyl (C=O) groups is 4. The van der Waals surface area contributed by atoms with Crippen molar-refractivity contribution in [2.45, 2.75) is 18.9 Å². The van der Waals surface area contributed by atoms with E-state index in [1.54, 1.807) is 18.2 Å². The summed E-state index contributed by atoms with van der Waals surface area (Å²) in [5.74, 6) is -1.92. The van der Waals surface area contributed by atoms with Crippen LogP contribution in [0.25, 0.3) is 0 Å². The second-order valence-corrected chi connectivity index (χ2v) is 10.0. The summed E-state index contributed by atoms with van der Waals surface area (Å²) in [6.07, 6.45) is 0.232. The molecule has 13 nitrogen and oxygen atoms in total. The van der Waals surface area contributed by atoms with Gasteiger partial charge in [-0.1, -0.05) is 6.07 Å². The van der Waals surface area contributed by atoms with Gasteiger partial charge in [0.05, 0.1) is 64.0 Å². The van der Waals surface area contributed by atoms with Crippen molar-refractivity contribution in [3.05, 3.63) is 29.3 Å². The number of nitrogens with zero attached hydrogens (tertiary/aromatic N) is 3. The van der Waals surface area contributed by atoms with Crippen molar-refractivity contribution in [3.63, 3.8) is 0 Å². The van der Waals surface area contributed by atoms with E-state index >= 15 is 0 Å². The van der Waals surface area contributed by atoms with Crippen LogP contribution in [0.1, 0.15) is 33.6 Å². The maximum absolute atomic E-state index is 13.2. The lowest BCUT2D eigenvalue weighted by Crippen LogP contribution is -2.54. The molecule has 4 rings (SSSR count). The van der Waals surface area contributed by atoms with Crippen LogP contribution in [0.2, 0.25) is 0 Å². The van der Waals surface area contributed by atoms with E-state index in [0.717, 1.165) is 42.5 Å². The Balaban J connectivity index is 1.05. The summed E-state index contributed by atoms with van der Waals surface area (Å²) in [7, 11) is 1.37. The lowest BCUT2D eigenvalue weighted by atomic mass is 10.0. The Morgan fingerprint density at radius 1 is 0.854 bits per heavy atom. The molecular weight excluding hydrogens is 534 g/mol. The minimum absolute atomic E-state index is 0.103. The van der Waals surface area contributed by atoms with E-state index in [2.05, 4.69) is 15.5 Å². The smallest absolute Gasteiger partial charge is 0.264 e. The van der Waals surface area contributed by atoms with Crippen molar-refractivity contribution in [2.75, 3.05) is 104 Å². The van der Waals surface area contributed by atoms with Crippen molar-refractivity contribution in [2.24, 2.45) is 0 Å². The summed E-state index contributed by atoms with van der Waals surface area (Å²) in [6.45, 7) is 9.59. The molecule has 3 aliphatic heterocycles. The van der Waals surface area contributed by atoms with Gasteiger partial charge in [-0.15, -0.1) is 0 Å². The van der Waals surface area contributed by atoms with Gasteiger partial charge in [-0.25, -0.2) is 0 Å². The molecule has 1 aromatic carbocycles. The van der Waals surface area contributed by atoms with Crippen LogP contribution in [0, 0.1) is 0 Å². The molecule has 3 heterocycles. The summed E-state index contributed by atoms with van der Waals surface area (Å²) in [6, 6.07) is 3.99. The fourth-order valence-corrected chi connectivity index (χ4v) is 5.02. The number of nitrogens with one attached hydrogen (secondary N) is 2. The Bertz CT molecular complexity index is 1060. The first-order valence-corrected chi connectivity index (χ1v) is 14.3. The van der Waals surface area contributed by atoms with Crippen LogP contribution in [-0.4, -0.2) is 144 Å². The average molecular weight is 576 g/mol. The lowest BCUT2D eigenvalue weighted by molar-refractivity contribution is -0.149. The maximum atomic E-state index is 13.2. The van der Waals surface area contributed by atoms with Crippen LogP contribution >= 0.6 is 0 Å². The van der Waals surface area contributed by atoms with Gasteiger partial charge >= 0.3 is 0 Å². The number of likely N-dealkylation sites (tertiary alicyclic amines) is 1. The Labute approximate surface area is 240 Å². The number of piperidine rings is 1. The van der Waals surface area contributed by atoms with Crippen molar-refractivity contribution in [1.82, 2.24) is 20.0 Å². The fraction of sp³-hybridized carbons (Fsp3) is 0.643. The number of benzene rings is 1. The normalized spacial score (nSPS) is 19.8. The third-order valence-electron chi connectivity index (χ3n) is 7.32. The number of amides is 4. The molecule has 1 unspecified atom stereocenters. The number of hydrogen-bond acceptors (Lipinski definition) is 11. The molecule has 3 aliphatic rings.